The molecule has 0 bridgehead atoms. The van der Waals surface area contributed by atoms with Gasteiger partial charge in [-0.3, -0.25) is 14.4 Å². The van der Waals surface area contributed by atoms with Crippen LogP contribution in [-0.4, -0.2) is 34.2 Å². The van der Waals surface area contributed by atoms with Crippen LogP contribution >= 0.6 is 34.8 Å². The zero-order chi connectivity index (χ0) is 16.3. The van der Waals surface area contributed by atoms with E-state index >= 15 is 0 Å². The van der Waals surface area contributed by atoms with Gasteiger partial charge in [0.05, 0.1) is 33.5 Å². The number of aromatic nitrogens is 2. The maximum absolute atomic E-state index is 12.1. The predicted molar refractivity (Wildman–Crippen MR) is 89.6 cm³/mol. The summed E-state index contributed by atoms with van der Waals surface area (Å²) in [5.74, 6) is -0.188. The van der Waals surface area contributed by atoms with E-state index in [1.54, 1.807) is 10.9 Å². The lowest BCUT2D eigenvalue weighted by Gasteiger charge is -2.16. The second kappa shape index (κ2) is 7.33. The van der Waals surface area contributed by atoms with Gasteiger partial charge < -0.3 is 5.32 Å². The molecule has 0 spiro atoms. The summed E-state index contributed by atoms with van der Waals surface area (Å²) in [5.41, 5.74) is 1.47. The minimum Gasteiger partial charge on any atom is -0.324 e. The molecule has 1 N–H and O–H groups in total. The van der Waals surface area contributed by atoms with Crippen molar-refractivity contribution in [1.29, 1.82) is 0 Å². The molecule has 22 heavy (non-hydrogen) atoms. The Bertz CT molecular complexity index is 687. The van der Waals surface area contributed by atoms with Crippen LogP contribution in [0.2, 0.25) is 15.1 Å². The molecule has 1 amide bonds. The number of anilines is 1. The predicted octanol–water partition coefficient (Wildman–Crippen LogP) is 3.45. The van der Waals surface area contributed by atoms with Crippen LogP contribution in [0.25, 0.3) is 0 Å². The number of aryl methyl sites for hydroxylation is 1. The van der Waals surface area contributed by atoms with Crippen LogP contribution < -0.4 is 5.32 Å². The molecule has 0 saturated carbocycles. The van der Waals surface area contributed by atoms with Crippen LogP contribution in [-0.2, 0) is 18.4 Å². The highest BCUT2D eigenvalue weighted by molar-refractivity contribution is 6.44. The average molecular weight is 362 g/mol. The molecule has 0 aliphatic rings. The fraction of sp³-hybridized carbons (Fsp3) is 0.286. The normalized spacial score (nSPS) is 11.0. The fourth-order valence-electron chi connectivity index (χ4n) is 1.97. The van der Waals surface area contributed by atoms with Crippen LogP contribution in [0.15, 0.2) is 24.5 Å². The molecule has 0 atom stereocenters. The van der Waals surface area contributed by atoms with Crippen LogP contribution in [0, 0.1) is 0 Å². The summed E-state index contributed by atoms with van der Waals surface area (Å²) in [4.78, 5) is 13.9. The Kier molecular flexibility index (Phi) is 5.69. The van der Waals surface area contributed by atoms with E-state index in [1.807, 2.05) is 25.2 Å². The lowest BCUT2D eigenvalue weighted by molar-refractivity contribution is -0.117. The molecule has 1 aromatic carbocycles. The smallest absolute Gasteiger partial charge is 0.238 e. The molecule has 2 rings (SSSR count). The number of nitrogens with one attached hydrogen (secondary N) is 1. The molecule has 0 aliphatic heterocycles. The lowest BCUT2D eigenvalue weighted by atomic mass is 10.3. The third-order valence-electron chi connectivity index (χ3n) is 2.91. The number of benzene rings is 1. The summed E-state index contributed by atoms with van der Waals surface area (Å²) < 4.78 is 1.72. The van der Waals surface area contributed by atoms with E-state index < -0.39 is 0 Å². The highest BCUT2D eigenvalue weighted by Gasteiger charge is 2.12. The van der Waals surface area contributed by atoms with Crippen molar-refractivity contribution in [3.63, 3.8) is 0 Å². The van der Waals surface area contributed by atoms with Crippen molar-refractivity contribution in [2.75, 3.05) is 18.9 Å². The van der Waals surface area contributed by atoms with Gasteiger partial charge in [-0.25, -0.2) is 0 Å². The van der Waals surface area contributed by atoms with Crippen molar-refractivity contribution in [3.05, 3.63) is 45.2 Å². The van der Waals surface area contributed by atoms with E-state index in [2.05, 4.69) is 10.4 Å². The molecule has 0 radical (unpaired) electrons. The molecular formula is C14H15Cl3N4O. The van der Waals surface area contributed by atoms with Gasteiger partial charge in [-0.15, -0.1) is 0 Å². The summed E-state index contributed by atoms with van der Waals surface area (Å²) in [6, 6.07) is 3.03. The van der Waals surface area contributed by atoms with Crippen LogP contribution in [0.3, 0.4) is 0 Å². The van der Waals surface area contributed by atoms with E-state index in [-0.39, 0.29) is 12.5 Å². The number of carbonyl (C=O) groups is 1. The maximum atomic E-state index is 12.1. The number of nitrogens with zero attached hydrogens (tertiary/aromatic N) is 3. The molecule has 8 heteroatoms. The highest BCUT2D eigenvalue weighted by atomic mass is 35.5. The molecule has 2 aromatic rings. The Morgan fingerprint density at radius 1 is 1.27 bits per heavy atom. The van der Waals surface area contributed by atoms with E-state index in [4.69, 9.17) is 34.8 Å². The summed E-state index contributed by atoms with van der Waals surface area (Å²) in [6.07, 6.45) is 3.68. The minimum absolute atomic E-state index is 0.188. The van der Waals surface area contributed by atoms with Gasteiger partial charge in [-0.2, -0.15) is 5.10 Å². The molecule has 5 nitrogen and oxygen atoms in total. The van der Waals surface area contributed by atoms with Crippen molar-refractivity contribution in [3.8, 4) is 0 Å². The van der Waals surface area contributed by atoms with Gasteiger partial charge >= 0.3 is 0 Å². The Morgan fingerprint density at radius 3 is 2.59 bits per heavy atom. The van der Waals surface area contributed by atoms with Gasteiger partial charge in [0.25, 0.3) is 0 Å². The first kappa shape index (κ1) is 17.1. The van der Waals surface area contributed by atoms with Gasteiger partial charge in [0.2, 0.25) is 5.91 Å². The highest BCUT2D eigenvalue weighted by Crippen LogP contribution is 2.32. The molecular weight excluding hydrogens is 347 g/mol. The second-order valence-corrected chi connectivity index (χ2v) is 6.21. The summed E-state index contributed by atoms with van der Waals surface area (Å²) in [7, 11) is 3.70. The standard InChI is InChI=1S/C14H15Cl3N4O/c1-20(6-9-5-18-21(2)7-9)8-14(22)19-13-4-11(16)10(15)3-12(13)17/h3-5,7H,6,8H2,1-2H3,(H,19,22). The van der Waals surface area contributed by atoms with Gasteiger partial charge in [0.1, 0.15) is 0 Å². The quantitative estimate of drug-likeness (QED) is 0.830. The maximum Gasteiger partial charge on any atom is 0.238 e. The van der Waals surface area contributed by atoms with Crippen LogP contribution in [0.1, 0.15) is 5.56 Å². The summed E-state index contributed by atoms with van der Waals surface area (Å²) >= 11 is 17.8. The number of hydrogen-bond donors (Lipinski definition) is 1. The second-order valence-electron chi connectivity index (χ2n) is 4.99. The van der Waals surface area contributed by atoms with Crippen molar-refractivity contribution in [1.82, 2.24) is 14.7 Å². The monoisotopic (exact) mass is 360 g/mol. The topological polar surface area (TPSA) is 50.2 Å². The van der Waals surface area contributed by atoms with Gasteiger partial charge in [-0.1, -0.05) is 34.8 Å². The Morgan fingerprint density at radius 2 is 1.95 bits per heavy atom. The third-order valence-corrected chi connectivity index (χ3v) is 3.94. The number of likely N-dealkylation sites (N-methyl/N-ethyl adjacent to an activating group) is 1. The van der Waals surface area contributed by atoms with Crippen LogP contribution in [0.5, 0.6) is 0 Å². The van der Waals surface area contributed by atoms with Crippen LogP contribution in [0.4, 0.5) is 5.69 Å². The van der Waals surface area contributed by atoms with Crippen molar-refractivity contribution < 1.29 is 4.79 Å². The zero-order valence-electron chi connectivity index (χ0n) is 12.1. The Labute approximate surface area is 143 Å². The molecule has 1 aromatic heterocycles. The molecule has 0 saturated heterocycles. The number of amides is 1. The van der Waals surface area contributed by atoms with Crippen molar-refractivity contribution in [2.45, 2.75) is 6.54 Å². The molecule has 0 fully saturated rings. The molecule has 1 heterocycles. The first-order valence-electron chi connectivity index (χ1n) is 6.45. The SMILES string of the molecule is CN(CC(=O)Nc1cc(Cl)c(Cl)cc1Cl)Cc1cnn(C)c1. The third kappa shape index (κ3) is 4.61. The summed E-state index contributed by atoms with van der Waals surface area (Å²) in [6.45, 7) is 0.835. The Balaban J connectivity index is 1.93. The summed E-state index contributed by atoms with van der Waals surface area (Å²) in [5, 5.41) is 7.84. The van der Waals surface area contributed by atoms with Gasteiger partial charge in [0.15, 0.2) is 0 Å². The average Bonchev–Trinajstić information content (AvgIpc) is 2.81. The van der Waals surface area contributed by atoms with E-state index in [0.717, 1.165) is 5.56 Å². The Hall–Kier alpha value is -1.27. The molecule has 0 aliphatic carbocycles. The zero-order valence-corrected chi connectivity index (χ0v) is 14.4. The first-order chi connectivity index (χ1) is 10.3. The number of rotatable bonds is 5. The lowest BCUT2D eigenvalue weighted by Crippen LogP contribution is -2.29. The number of hydrogen-bond acceptors (Lipinski definition) is 3. The fourth-order valence-corrected chi connectivity index (χ4v) is 2.57. The van der Waals surface area contributed by atoms with E-state index in [9.17, 15) is 4.79 Å². The van der Waals surface area contributed by atoms with Gasteiger partial charge in [0, 0.05) is 25.4 Å². The van der Waals surface area contributed by atoms with Crippen molar-refractivity contribution in [2.24, 2.45) is 7.05 Å². The molecule has 118 valence electrons. The number of halogens is 3. The largest absolute Gasteiger partial charge is 0.324 e. The van der Waals surface area contributed by atoms with Crippen molar-refractivity contribution >= 4 is 46.4 Å². The van der Waals surface area contributed by atoms with E-state index in [1.165, 1.54) is 12.1 Å². The minimum atomic E-state index is -0.188. The molecule has 0 unspecified atom stereocenters. The first-order valence-corrected chi connectivity index (χ1v) is 7.59. The van der Waals surface area contributed by atoms with Gasteiger partial charge in [-0.05, 0) is 19.2 Å². The number of carbonyl (C=O) groups excluding carboxylic acids is 1. The van der Waals surface area contributed by atoms with E-state index in [0.29, 0.717) is 27.3 Å².